The third-order valence-corrected chi connectivity index (χ3v) is 5.10. The molecule has 2 heterocycles. The third kappa shape index (κ3) is 3.25. The quantitative estimate of drug-likeness (QED) is 0.690. The Morgan fingerprint density at radius 3 is 2.48 bits per heavy atom. The monoisotopic (exact) mass is 361 g/mol. The Bertz CT molecular complexity index is 999. The zero-order valence-electron chi connectivity index (χ0n) is 16.1. The number of carbonyl (C=O) groups excluding carboxylic acids is 1. The highest BCUT2D eigenvalue weighted by Gasteiger charge is 2.36. The molecule has 0 aliphatic carbocycles. The lowest BCUT2D eigenvalue weighted by molar-refractivity contribution is -0.117. The van der Waals surface area contributed by atoms with E-state index in [-0.39, 0.29) is 11.8 Å². The fourth-order valence-corrected chi connectivity index (χ4v) is 3.99. The predicted octanol–water partition coefficient (Wildman–Crippen LogP) is 4.49. The van der Waals surface area contributed by atoms with Crippen LogP contribution in [-0.2, 0) is 4.79 Å². The lowest BCUT2D eigenvalue weighted by atomic mass is 10.0. The summed E-state index contributed by atoms with van der Waals surface area (Å²) >= 11 is 0. The number of amides is 1. The Balaban J connectivity index is 1.60. The van der Waals surface area contributed by atoms with Gasteiger partial charge in [-0.2, -0.15) is 4.98 Å². The normalized spacial score (nSPS) is 17.0. The maximum absolute atomic E-state index is 12.7. The van der Waals surface area contributed by atoms with Gasteiger partial charge in [-0.05, 0) is 44.9 Å². The third-order valence-electron chi connectivity index (χ3n) is 5.10. The van der Waals surface area contributed by atoms with Crippen LogP contribution < -0.4 is 4.90 Å². The topological polar surface area (TPSA) is 59.2 Å². The van der Waals surface area contributed by atoms with Crippen molar-refractivity contribution in [3.8, 4) is 11.4 Å². The van der Waals surface area contributed by atoms with E-state index in [0.29, 0.717) is 24.7 Å². The molecule has 1 unspecified atom stereocenters. The standard InChI is InChI=1S/C22H23N3O2/c1-13-6-5-7-17(10-13)21-23-22(27-24-21)18-11-19(26)25(12-18)20-15(3)8-14(2)9-16(20)4/h5-10,18H,11-12H2,1-4H3. The Kier molecular flexibility index (Phi) is 4.30. The van der Waals surface area contributed by atoms with Gasteiger partial charge in [0.15, 0.2) is 0 Å². The minimum Gasteiger partial charge on any atom is -0.339 e. The average molecular weight is 361 g/mol. The molecule has 27 heavy (non-hydrogen) atoms. The molecular weight excluding hydrogens is 338 g/mol. The molecule has 5 heteroatoms. The second kappa shape index (κ2) is 6.65. The Hall–Kier alpha value is -2.95. The fraction of sp³-hybridized carbons (Fsp3) is 0.318. The van der Waals surface area contributed by atoms with E-state index in [1.807, 2.05) is 36.1 Å². The summed E-state index contributed by atoms with van der Waals surface area (Å²) in [6, 6.07) is 12.2. The van der Waals surface area contributed by atoms with Crippen molar-refractivity contribution < 1.29 is 9.32 Å². The zero-order valence-corrected chi connectivity index (χ0v) is 16.1. The van der Waals surface area contributed by atoms with Gasteiger partial charge in [0, 0.05) is 24.2 Å². The SMILES string of the molecule is Cc1cccc(-c2noc(C3CC(=O)N(c4c(C)cc(C)cc4C)C3)n2)c1. The fourth-order valence-electron chi connectivity index (χ4n) is 3.99. The van der Waals surface area contributed by atoms with Crippen LogP contribution in [0.2, 0.25) is 0 Å². The van der Waals surface area contributed by atoms with E-state index >= 15 is 0 Å². The van der Waals surface area contributed by atoms with Crippen LogP contribution >= 0.6 is 0 Å². The molecule has 0 N–H and O–H groups in total. The van der Waals surface area contributed by atoms with Crippen LogP contribution in [0.3, 0.4) is 0 Å². The first-order valence-electron chi connectivity index (χ1n) is 9.21. The van der Waals surface area contributed by atoms with Crippen LogP contribution in [0.15, 0.2) is 40.9 Å². The summed E-state index contributed by atoms with van der Waals surface area (Å²) in [5, 5.41) is 4.13. The average Bonchev–Trinajstić information content (AvgIpc) is 3.22. The van der Waals surface area contributed by atoms with Gasteiger partial charge in [0.25, 0.3) is 0 Å². The molecule has 2 aromatic carbocycles. The summed E-state index contributed by atoms with van der Waals surface area (Å²) < 4.78 is 5.51. The molecule has 1 aliphatic heterocycles. The lowest BCUT2D eigenvalue weighted by Crippen LogP contribution is -2.26. The van der Waals surface area contributed by atoms with Gasteiger partial charge in [0.05, 0.1) is 5.92 Å². The maximum Gasteiger partial charge on any atom is 0.232 e. The first kappa shape index (κ1) is 17.5. The van der Waals surface area contributed by atoms with Gasteiger partial charge in [-0.3, -0.25) is 4.79 Å². The number of anilines is 1. The summed E-state index contributed by atoms with van der Waals surface area (Å²) in [4.78, 5) is 19.1. The van der Waals surface area contributed by atoms with E-state index in [9.17, 15) is 4.79 Å². The smallest absolute Gasteiger partial charge is 0.232 e. The van der Waals surface area contributed by atoms with Crippen LogP contribution in [0.25, 0.3) is 11.4 Å². The number of benzene rings is 2. The van der Waals surface area contributed by atoms with Gasteiger partial charge in [0.2, 0.25) is 17.6 Å². The Labute approximate surface area is 159 Å². The Morgan fingerprint density at radius 1 is 1.04 bits per heavy atom. The molecule has 1 saturated heterocycles. The summed E-state index contributed by atoms with van der Waals surface area (Å²) in [6.45, 7) is 8.78. The number of nitrogens with zero attached hydrogens (tertiary/aromatic N) is 3. The van der Waals surface area contributed by atoms with Gasteiger partial charge in [-0.15, -0.1) is 0 Å². The van der Waals surface area contributed by atoms with Crippen molar-refractivity contribution in [3.63, 3.8) is 0 Å². The van der Waals surface area contributed by atoms with Crippen LogP contribution in [0.5, 0.6) is 0 Å². The van der Waals surface area contributed by atoms with E-state index in [2.05, 4.69) is 43.0 Å². The van der Waals surface area contributed by atoms with E-state index in [4.69, 9.17) is 4.52 Å². The number of aromatic nitrogens is 2. The summed E-state index contributed by atoms with van der Waals surface area (Å²) in [6.07, 6.45) is 0.391. The molecule has 0 bridgehead atoms. The molecule has 3 aromatic rings. The van der Waals surface area contributed by atoms with Crippen molar-refractivity contribution in [3.05, 3.63) is 64.5 Å². The van der Waals surface area contributed by atoms with Crippen LogP contribution in [-0.4, -0.2) is 22.6 Å². The van der Waals surface area contributed by atoms with Crippen LogP contribution in [0, 0.1) is 27.7 Å². The van der Waals surface area contributed by atoms with Gasteiger partial charge in [-0.1, -0.05) is 46.6 Å². The van der Waals surface area contributed by atoms with E-state index in [0.717, 1.165) is 27.9 Å². The number of carbonyl (C=O) groups is 1. The van der Waals surface area contributed by atoms with Gasteiger partial charge >= 0.3 is 0 Å². The first-order valence-corrected chi connectivity index (χ1v) is 9.21. The van der Waals surface area contributed by atoms with Crippen molar-refractivity contribution >= 4 is 11.6 Å². The van der Waals surface area contributed by atoms with Gasteiger partial charge in [-0.25, -0.2) is 0 Å². The van der Waals surface area contributed by atoms with Gasteiger partial charge < -0.3 is 9.42 Å². The molecule has 0 spiro atoms. The molecule has 1 fully saturated rings. The van der Waals surface area contributed by atoms with Crippen molar-refractivity contribution in [1.82, 2.24) is 10.1 Å². The molecule has 1 aliphatic rings. The molecule has 1 amide bonds. The van der Waals surface area contributed by atoms with E-state index in [1.54, 1.807) is 0 Å². The minimum absolute atomic E-state index is 0.0799. The number of aryl methyl sites for hydroxylation is 4. The molecule has 4 rings (SSSR count). The summed E-state index contributed by atoms with van der Waals surface area (Å²) in [5.41, 5.74) is 6.52. The van der Waals surface area contributed by atoms with Crippen molar-refractivity contribution in [1.29, 1.82) is 0 Å². The molecule has 1 aromatic heterocycles. The highest BCUT2D eigenvalue weighted by atomic mass is 16.5. The van der Waals surface area contributed by atoms with Crippen molar-refractivity contribution in [2.24, 2.45) is 0 Å². The molecule has 0 saturated carbocycles. The molecule has 138 valence electrons. The molecular formula is C22H23N3O2. The van der Waals surface area contributed by atoms with Crippen LogP contribution in [0.1, 0.15) is 40.5 Å². The number of rotatable bonds is 3. The summed E-state index contributed by atoms with van der Waals surface area (Å²) in [5.74, 6) is 1.13. The number of hydrogen-bond acceptors (Lipinski definition) is 4. The van der Waals surface area contributed by atoms with E-state index in [1.165, 1.54) is 5.56 Å². The second-order valence-corrected chi connectivity index (χ2v) is 7.48. The zero-order chi connectivity index (χ0) is 19.1. The lowest BCUT2D eigenvalue weighted by Gasteiger charge is -2.21. The molecule has 0 radical (unpaired) electrons. The number of hydrogen-bond donors (Lipinski definition) is 0. The van der Waals surface area contributed by atoms with Crippen LogP contribution in [0.4, 0.5) is 5.69 Å². The predicted molar refractivity (Wildman–Crippen MR) is 105 cm³/mol. The highest BCUT2D eigenvalue weighted by molar-refractivity contribution is 5.97. The molecule has 5 nitrogen and oxygen atoms in total. The maximum atomic E-state index is 12.7. The van der Waals surface area contributed by atoms with E-state index < -0.39 is 0 Å². The Morgan fingerprint density at radius 2 is 1.78 bits per heavy atom. The first-order chi connectivity index (χ1) is 12.9. The molecule has 1 atom stereocenters. The summed E-state index contributed by atoms with van der Waals surface area (Å²) in [7, 11) is 0. The minimum atomic E-state index is -0.0799. The second-order valence-electron chi connectivity index (χ2n) is 7.48. The van der Waals surface area contributed by atoms with Crippen molar-refractivity contribution in [2.45, 2.75) is 40.0 Å². The van der Waals surface area contributed by atoms with Crippen molar-refractivity contribution in [2.75, 3.05) is 11.4 Å². The highest BCUT2D eigenvalue weighted by Crippen LogP contribution is 2.35. The van der Waals surface area contributed by atoms with Gasteiger partial charge in [0.1, 0.15) is 0 Å². The largest absolute Gasteiger partial charge is 0.339 e.